The smallest absolute Gasteiger partial charge is 0.305 e. The summed E-state index contributed by atoms with van der Waals surface area (Å²) in [5.74, 6) is -0.738. The maximum atomic E-state index is 13.7. The number of carbonyl (C=O) groups is 1. The van der Waals surface area contributed by atoms with Gasteiger partial charge in [-0.3, -0.25) is 5.32 Å². The van der Waals surface area contributed by atoms with Gasteiger partial charge >= 0.3 is 12.2 Å². The molecule has 0 unspecified atom stereocenters. The molecule has 0 saturated carbocycles. The minimum absolute atomic E-state index is 0.0497. The molecule has 0 saturated heterocycles. The summed E-state index contributed by atoms with van der Waals surface area (Å²) in [4.78, 5) is 16.0. The minimum atomic E-state index is -4.48. The molecule has 2 aromatic carbocycles. The minimum Gasteiger partial charge on any atom is -0.305 e. The number of nitrogens with zero attached hydrogens (tertiary/aromatic N) is 2. The van der Waals surface area contributed by atoms with Gasteiger partial charge in [-0.2, -0.15) is 18.4 Å². The number of benzene rings is 2. The normalized spacial score (nSPS) is 11.2. The van der Waals surface area contributed by atoms with E-state index in [1.165, 1.54) is 12.1 Å². The van der Waals surface area contributed by atoms with Crippen LogP contribution in [0.15, 0.2) is 36.4 Å². The Morgan fingerprint density at radius 1 is 1.15 bits per heavy atom. The zero-order valence-corrected chi connectivity index (χ0v) is 13.5. The first-order valence-electron chi connectivity index (χ1n) is 7.02. The summed E-state index contributed by atoms with van der Waals surface area (Å²) in [5, 5.41) is 13.4. The summed E-state index contributed by atoms with van der Waals surface area (Å²) in [6.07, 6.45) is -4.48. The third kappa shape index (κ3) is 3.73. The van der Waals surface area contributed by atoms with Crippen molar-refractivity contribution in [2.45, 2.75) is 6.18 Å². The van der Waals surface area contributed by atoms with Gasteiger partial charge in [0.1, 0.15) is 5.82 Å². The van der Waals surface area contributed by atoms with Crippen molar-refractivity contribution >= 4 is 38.4 Å². The topological polar surface area (TPSA) is 77.8 Å². The molecule has 0 bridgehead atoms. The number of halogens is 4. The number of aromatic nitrogens is 1. The van der Waals surface area contributed by atoms with Crippen molar-refractivity contribution in [1.82, 2.24) is 4.98 Å². The number of hydrogen-bond acceptors (Lipinski definition) is 4. The lowest BCUT2D eigenvalue weighted by Gasteiger charge is -2.06. The Kier molecular flexibility index (Phi) is 4.48. The second-order valence-electron chi connectivity index (χ2n) is 5.08. The molecule has 0 spiro atoms. The highest BCUT2D eigenvalue weighted by Gasteiger charge is 2.30. The van der Waals surface area contributed by atoms with E-state index >= 15 is 0 Å². The molecular formula is C16H8F4N4OS. The molecule has 26 heavy (non-hydrogen) atoms. The van der Waals surface area contributed by atoms with Crippen molar-refractivity contribution < 1.29 is 22.4 Å². The lowest BCUT2D eigenvalue weighted by atomic mass is 10.2. The molecule has 2 amide bonds. The molecule has 3 aromatic rings. The monoisotopic (exact) mass is 380 g/mol. The predicted molar refractivity (Wildman–Crippen MR) is 88.4 cm³/mol. The maximum Gasteiger partial charge on any atom is 0.416 e. The highest BCUT2D eigenvalue weighted by atomic mass is 32.1. The van der Waals surface area contributed by atoms with Crippen LogP contribution < -0.4 is 10.6 Å². The van der Waals surface area contributed by atoms with Crippen LogP contribution in [0.3, 0.4) is 0 Å². The van der Waals surface area contributed by atoms with Crippen molar-refractivity contribution in [1.29, 1.82) is 5.26 Å². The van der Waals surface area contributed by atoms with E-state index in [0.717, 1.165) is 35.6 Å². The highest BCUT2D eigenvalue weighted by Crippen LogP contribution is 2.34. The van der Waals surface area contributed by atoms with Gasteiger partial charge in [-0.1, -0.05) is 11.3 Å². The molecule has 132 valence electrons. The molecule has 0 radical (unpaired) electrons. The van der Waals surface area contributed by atoms with Crippen LogP contribution >= 0.6 is 11.3 Å². The summed E-state index contributed by atoms with van der Waals surface area (Å²) in [6, 6.07) is 7.45. The second-order valence-corrected chi connectivity index (χ2v) is 6.12. The number of nitriles is 1. The zero-order valence-electron chi connectivity index (χ0n) is 12.7. The molecule has 10 heteroatoms. The van der Waals surface area contributed by atoms with Gasteiger partial charge in [-0.05, 0) is 36.4 Å². The fourth-order valence-electron chi connectivity index (χ4n) is 2.10. The summed E-state index contributed by atoms with van der Waals surface area (Å²) < 4.78 is 52.1. The molecular weight excluding hydrogens is 372 g/mol. The van der Waals surface area contributed by atoms with Crippen molar-refractivity contribution in [3.8, 4) is 6.07 Å². The molecule has 2 N–H and O–H groups in total. The Hall–Kier alpha value is -3.19. The van der Waals surface area contributed by atoms with E-state index in [9.17, 15) is 22.4 Å². The number of urea groups is 1. The van der Waals surface area contributed by atoms with E-state index in [4.69, 9.17) is 5.26 Å². The van der Waals surface area contributed by atoms with E-state index in [1.807, 2.05) is 6.07 Å². The fourth-order valence-corrected chi connectivity index (χ4v) is 3.00. The summed E-state index contributed by atoms with van der Waals surface area (Å²) in [6.45, 7) is 0. The molecule has 3 rings (SSSR count). The number of fused-ring (bicyclic) bond motifs is 1. The number of anilines is 2. The van der Waals surface area contributed by atoms with Crippen molar-refractivity contribution in [3.63, 3.8) is 0 Å². The number of thiazole rings is 1. The highest BCUT2D eigenvalue weighted by molar-refractivity contribution is 7.22. The first-order chi connectivity index (χ1) is 12.3. The van der Waals surface area contributed by atoms with E-state index in [2.05, 4.69) is 15.6 Å². The van der Waals surface area contributed by atoms with Gasteiger partial charge in [0.15, 0.2) is 5.13 Å². The summed E-state index contributed by atoms with van der Waals surface area (Å²) >= 11 is 0.849. The van der Waals surface area contributed by atoms with Gasteiger partial charge < -0.3 is 5.32 Å². The second kappa shape index (κ2) is 6.61. The molecule has 0 atom stereocenters. The zero-order chi connectivity index (χ0) is 18.9. The van der Waals surface area contributed by atoms with Crippen LogP contribution in [0.4, 0.5) is 33.2 Å². The SMILES string of the molecule is N#Cc1ccc(F)c(NC(=O)Nc2nc3ccc(C(F)(F)F)cc3s2)c1. The number of nitrogens with one attached hydrogen (secondary N) is 2. The fraction of sp³-hybridized carbons (Fsp3) is 0.0625. The molecule has 0 fully saturated rings. The number of hydrogen-bond donors (Lipinski definition) is 2. The first kappa shape index (κ1) is 17.6. The molecule has 0 aliphatic heterocycles. The number of alkyl halides is 3. The van der Waals surface area contributed by atoms with E-state index in [1.54, 1.807) is 0 Å². The van der Waals surface area contributed by atoms with Crippen molar-refractivity contribution in [3.05, 3.63) is 53.3 Å². The van der Waals surface area contributed by atoms with Gasteiger partial charge in [-0.15, -0.1) is 0 Å². The average molecular weight is 380 g/mol. The van der Waals surface area contributed by atoms with Gasteiger partial charge in [0.2, 0.25) is 0 Å². The van der Waals surface area contributed by atoms with Gasteiger partial charge in [0.25, 0.3) is 0 Å². The Morgan fingerprint density at radius 3 is 2.62 bits per heavy atom. The Bertz CT molecular complexity index is 1040. The van der Waals surface area contributed by atoms with Crippen LogP contribution in [0.5, 0.6) is 0 Å². The molecule has 5 nitrogen and oxygen atoms in total. The van der Waals surface area contributed by atoms with Gasteiger partial charge in [0, 0.05) is 0 Å². The average Bonchev–Trinajstić information content (AvgIpc) is 2.97. The molecule has 1 heterocycles. The Labute approximate surface area is 147 Å². The van der Waals surface area contributed by atoms with Gasteiger partial charge in [-0.25, -0.2) is 14.2 Å². The van der Waals surface area contributed by atoms with Crippen LogP contribution in [-0.4, -0.2) is 11.0 Å². The number of carbonyl (C=O) groups excluding carboxylic acids is 1. The summed E-state index contributed by atoms with van der Waals surface area (Å²) in [5.41, 5.74) is -0.584. The first-order valence-corrected chi connectivity index (χ1v) is 7.83. The standard InChI is InChI=1S/C16H8F4N4OS/c17-10-3-1-8(7-21)5-12(10)22-14(25)24-15-23-11-4-2-9(16(18,19)20)6-13(11)26-15/h1-6H,(H2,22,23,24,25). The van der Waals surface area contributed by atoms with Crippen LogP contribution in [0, 0.1) is 17.1 Å². The van der Waals surface area contributed by atoms with Crippen LogP contribution in [0.2, 0.25) is 0 Å². The largest absolute Gasteiger partial charge is 0.416 e. The van der Waals surface area contributed by atoms with Crippen LogP contribution in [0.1, 0.15) is 11.1 Å². The van der Waals surface area contributed by atoms with E-state index in [-0.39, 0.29) is 26.6 Å². The molecule has 0 aliphatic carbocycles. The third-order valence-corrected chi connectivity index (χ3v) is 4.21. The Morgan fingerprint density at radius 2 is 1.92 bits per heavy atom. The van der Waals surface area contributed by atoms with Crippen LogP contribution in [-0.2, 0) is 6.18 Å². The van der Waals surface area contributed by atoms with Crippen molar-refractivity contribution in [2.24, 2.45) is 0 Å². The quantitative estimate of drug-likeness (QED) is 0.616. The lowest BCUT2D eigenvalue weighted by molar-refractivity contribution is -0.137. The van der Waals surface area contributed by atoms with Crippen molar-refractivity contribution in [2.75, 3.05) is 10.6 Å². The lowest BCUT2D eigenvalue weighted by Crippen LogP contribution is -2.20. The van der Waals surface area contributed by atoms with E-state index in [0.29, 0.717) is 0 Å². The van der Waals surface area contributed by atoms with Crippen LogP contribution in [0.25, 0.3) is 10.2 Å². The maximum absolute atomic E-state index is 13.7. The molecule has 1 aromatic heterocycles. The van der Waals surface area contributed by atoms with E-state index < -0.39 is 23.6 Å². The summed E-state index contributed by atoms with van der Waals surface area (Å²) in [7, 11) is 0. The number of rotatable bonds is 2. The third-order valence-electron chi connectivity index (χ3n) is 3.28. The predicted octanol–water partition coefficient (Wildman–Crippen LogP) is 4.97. The number of amides is 2. The molecule has 0 aliphatic rings. The Balaban J connectivity index is 1.78. The van der Waals surface area contributed by atoms with Gasteiger partial charge in [0.05, 0.1) is 33.1 Å².